The van der Waals surface area contributed by atoms with Gasteiger partial charge in [-0.05, 0) is 44.9 Å². The van der Waals surface area contributed by atoms with E-state index in [1.807, 2.05) is 0 Å². The van der Waals surface area contributed by atoms with Gasteiger partial charge in [0.15, 0.2) is 12.6 Å². The summed E-state index contributed by atoms with van der Waals surface area (Å²) in [4.78, 5) is 13.1. The SMILES string of the molecule is CCCCCC/C=C\C/C=C\CCCCCCCCCCOCC(COC1OC(COC2OC(CO)C(O)C(O)C2O)C(O)C(O)C1O)OC(=O)CCCCCCCCCCCCCCCCCCCCCCCCCC. The second-order valence-electron chi connectivity index (χ2n) is 22.6. The Morgan fingerprint density at radius 2 is 0.805 bits per heavy atom. The summed E-state index contributed by atoms with van der Waals surface area (Å²) >= 11 is 0. The van der Waals surface area contributed by atoms with E-state index in [-0.39, 0.29) is 25.6 Å². The molecule has 0 amide bonds. The van der Waals surface area contributed by atoms with Crippen LogP contribution in [0.3, 0.4) is 0 Å². The topological polar surface area (TPSA) is 214 Å². The molecule has 77 heavy (non-hydrogen) atoms. The van der Waals surface area contributed by atoms with Gasteiger partial charge in [-0.1, -0.05) is 244 Å². The minimum absolute atomic E-state index is 0.0621. The molecule has 2 fully saturated rings. The van der Waals surface area contributed by atoms with Crippen molar-refractivity contribution in [1.82, 2.24) is 0 Å². The minimum Gasteiger partial charge on any atom is -0.457 e. The molecular weight excluding hydrogens is 981 g/mol. The van der Waals surface area contributed by atoms with Crippen molar-refractivity contribution in [3.05, 3.63) is 24.3 Å². The van der Waals surface area contributed by atoms with Gasteiger partial charge in [-0.15, -0.1) is 0 Å². The van der Waals surface area contributed by atoms with Gasteiger partial charge in [0.05, 0.1) is 26.4 Å². The van der Waals surface area contributed by atoms with E-state index in [2.05, 4.69) is 38.2 Å². The predicted octanol–water partition coefficient (Wildman–Crippen LogP) is 12.3. The molecule has 2 heterocycles. The number of allylic oxidation sites excluding steroid dienone is 4. The van der Waals surface area contributed by atoms with Gasteiger partial charge in [0, 0.05) is 13.0 Å². The highest BCUT2D eigenvalue weighted by atomic mass is 16.7. The molecule has 0 aromatic carbocycles. The van der Waals surface area contributed by atoms with Gasteiger partial charge in [-0.3, -0.25) is 4.79 Å². The zero-order valence-corrected chi connectivity index (χ0v) is 49.0. The van der Waals surface area contributed by atoms with Gasteiger partial charge < -0.3 is 64.2 Å². The van der Waals surface area contributed by atoms with Crippen LogP contribution in [0.25, 0.3) is 0 Å². The van der Waals surface area contributed by atoms with Crippen LogP contribution in [0.15, 0.2) is 24.3 Å². The number of aliphatic hydroxyl groups is 7. The maximum absolute atomic E-state index is 13.1. The average Bonchev–Trinajstić information content (AvgIpc) is 3.43. The van der Waals surface area contributed by atoms with Crippen molar-refractivity contribution in [3.8, 4) is 0 Å². The summed E-state index contributed by atoms with van der Waals surface area (Å²) in [6.07, 6.45) is 42.4. The number of ether oxygens (including phenoxy) is 6. The molecule has 7 N–H and O–H groups in total. The maximum atomic E-state index is 13.1. The quantitative estimate of drug-likeness (QED) is 0.0172. The van der Waals surface area contributed by atoms with E-state index in [9.17, 15) is 40.5 Å². The lowest BCUT2D eigenvalue weighted by molar-refractivity contribution is -0.332. The lowest BCUT2D eigenvalue weighted by Crippen LogP contribution is -2.61. The van der Waals surface area contributed by atoms with E-state index in [1.54, 1.807) is 0 Å². The summed E-state index contributed by atoms with van der Waals surface area (Å²) in [6, 6.07) is 0. The Balaban J connectivity index is 1.67. The molecule has 2 aliphatic rings. The Hall–Kier alpha value is -1.53. The Kier molecular flexibility index (Phi) is 46.7. The second kappa shape index (κ2) is 50.2. The fourth-order valence-electron chi connectivity index (χ4n) is 10.3. The van der Waals surface area contributed by atoms with Gasteiger partial charge in [-0.2, -0.15) is 0 Å². The normalized spacial score (nSPS) is 24.4. The lowest BCUT2D eigenvalue weighted by Gasteiger charge is -2.42. The first-order valence-electron chi connectivity index (χ1n) is 31.9. The highest BCUT2D eigenvalue weighted by Gasteiger charge is 2.47. The van der Waals surface area contributed by atoms with Crippen LogP contribution in [0.4, 0.5) is 0 Å². The molecule has 0 aliphatic carbocycles. The van der Waals surface area contributed by atoms with Crippen molar-refractivity contribution >= 4 is 5.97 Å². The van der Waals surface area contributed by atoms with Crippen LogP contribution in [0.2, 0.25) is 0 Å². The van der Waals surface area contributed by atoms with E-state index >= 15 is 0 Å². The smallest absolute Gasteiger partial charge is 0.306 e. The Labute approximate surface area is 468 Å². The minimum atomic E-state index is -1.71. The van der Waals surface area contributed by atoms with E-state index in [0.717, 1.165) is 51.4 Å². The fourth-order valence-corrected chi connectivity index (χ4v) is 10.3. The number of rotatable bonds is 53. The second-order valence-corrected chi connectivity index (χ2v) is 22.6. The summed E-state index contributed by atoms with van der Waals surface area (Å²) in [6.45, 7) is 3.72. The monoisotopic (exact) mass is 1100 g/mol. The molecule has 0 radical (unpaired) electrons. The van der Waals surface area contributed by atoms with Crippen LogP contribution < -0.4 is 0 Å². The number of carbonyl (C=O) groups excluding carboxylic acids is 1. The number of hydrogen-bond donors (Lipinski definition) is 7. The zero-order chi connectivity index (χ0) is 55.8. The molecule has 0 spiro atoms. The van der Waals surface area contributed by atoms with E-state index in [1.165, 1.54) is 193 Å². The molecular formula is C63H118O14. The third kappa shape index (κ3) is 36.5. The average molecular weight is 1100 g/mol. The number of carbonyl (C=O) groups is 1. The van der Waals surface area contributed by atoms with Crippen molar-refractivity contribution in [3.63, 3.8) is 0 Å². The first-order chi connectivity index (χ1) is 37.6. The Morgan fingerprint density at radius 3 is 1.26 bits per heavy atom. The zero-order valence-electron chi connectivity index (χ0n) is 49.0. The van der Waals surface area contributed by atoms with Crippen molar-refractivity contribution in [2.75, 3.05) is 33.0 Å². The largest absolute Gasteiger partial charge is 0.457 e. The molecule has 11 atom stereocenters. The molecule has 14 nitrogen and oxygen atoms in total. The number of aliphatic hydroxyl groups excluding tert-OH is 7. The molecule has 0 aromatic heterocycles. The molecule has 0 saturated carbocycles. The molecule has 11 unspecified atom stereocenters. The Morgan fingerprint density at radius 1 is 0.429 bits per heavy atom. The highest BCUT2D eigenvalue weighted by Crippen LogP contribution is 2.27. The van der Waals surface area contributed by atoms with E-state index in [0.29, 0.717) is 13.0 Å². The number of hydrogen-bond acceptors (Lipinski definition) is 14. The van der Waals surface area contributed by atoms with Gasteiger partial charge in [-0.25, -0.2) is 0 Å². The number of unbranched alkanes of at least 4 members (excludes halogenated alkanes) is 35. The van der Waals surface area contributed by atoms with Crippen molar-refractivity contribution in [2.24, 2.45) is 0 Å². The van der Waals surface area contributed by atoms with Gasteiger partial charge in [0.25, 0.3) is 0 Å². The van der Waals surface area contributed by atoms with E-state index in [4.69, 9.17) is 28.4 Å². The maximum Gasteiger partial charge on any atom is 0.306 e. The molecule has 2 aliphatic heterocycles. The summed E-state index contributed by atoms with van der Waals surface area (Å²) in [7, 11) is 0. The summed E-state index contributed by atoms with van der Waals surface area (Å²) in [5, 5.41) is 72.5. The van der Waals surface area contributed by atoms with Crippen molar-refractivity contribution in [1.29, 1.82) is 0 Å². The standard InChI is InChI=1S/C63H118O14/c1-3-5-7-9-11-13-15-17-19-21-23-24-25-26-27-28-30-32-34-36-38-40-42-44-46-55(65)75-52(49-72-47-45-43-41-39-37-35-33-31-29-22-20-18-16-14-12-10-8-6-4-2)50-73-62-61(71)59(69)57(67)54(77-62)51-74-63-60(70)58(68)56(66)53(48-64)76-63/h14,16,20,22,52-54,56-64,66-71H,3-13,15,17-19,21,23-51H2,1-2H3/b16-14-,22-20-. The van der Waals surface area contributed by atoms with Crippen LogP contribution in [0, 0.1) is 0 Å². The van der Waals surface area contributed by atoms with E-state index < -0.39 is 80.7 Å². The molecule has 0 aromatic rings. The molecule has 14 heteroatoms. The highest BCUT2D eigenvalue weighted by molar-refractivity contribution is 5.69. The third-order valence-corrected chi connectivity index (χ3v) is 15.5. The fraction of sp³-hybridized carbons (Fsp3) is 0.921. The summed E-state index contributed by atoms with van der Waals surface area (Å²) in [5.41, 5.74) is 0. The van der Waals surface area contributed by atoms with Gasteiger partial charge in [0.1, 0.15) is 54.9 Å². The first-order valence-corrected chi connectivity index (χ1v) is 31.9. The van der Waals surface area contributed by atoms with Gasteiger partial charge in [0.2, 0.25) is 0 Å². The molecule has 0 bridgehead atoms. The summed E-state index contributed by atoms with van der Waals surface area (Å²) < 4.78 is 34.5. The number of esters is 1. The van der Waals surface area contributed by atoms with Crippen LogP contribution in [0.1, 0.15) is 271 Å². The van der Waals surface area contributed by atoms with Gasteiger partial charge >= 0.3 is 5.97 Å². The van der Waals surface area contributed by atoms with Crippen LogP contribution in [-0.2, 0) is 33.2 Å². The van der Waals surface area contributed by atoms with Crippen LogP contribution in [-0.4, -0.2) is 142 Å². The first kappa shape index (κ1) is 71.6. The van der Waals surface area contributed by atoms with Crippen molar-refractivity contribution < 1.29 is 69.0 Å². The van der Waals surface area contributed by atoms with Crippen molar-refractivity contribution in [2.45, 2.75) is 338 Å². The van der Waals surface area contributed by atoms with Crippen LogP contribution in [0.5, 0.6) is 0 Å². The molecule has 2 saturated heterocycles. The summed E-state index contributed by atoms with van der Waals surface area (Å²) in [5.74, 6) is -0.371. The molecule has 454 valence electrons. The lowest BCUT2D eigenvalue weighted by atomic mass is 9.98. The molecule has 2 rings (SSSR count). The Bertz CT molecular complexity index is 1370. The third-order valence-electron chi connectivity index (χ3n) is 15.5. The van der Waals surface area contributed by atoms with Crippen LogP contribution >= 0.6 is 0 Å². The predicted molar refractivity (Wildman–Crippen MR) is 307 cm³/mol.